The molecule has 1 aromatic heterocycles. The van der Waals surface area contributed by atoms with Gasteiger partial charge in [-0.05, 0) is 36.2 Å². The zero-order chi connectivity index (χ0) is 24.6. The summed E-state index contributed by atoms with van der Waals surface area (Å²) in [7, 11) is 0. The highest BCUT2D eigenvalue weighted by Gasteiger charge is 2.44. The standard InChI is InChI=1S/C23H16Cl2F5N3O/c24-16-4-2-1-3-15(16)20(23(28,29)30)32-22(34)13-9-12-5-8-19(25)31-21(12)33(11-13)18-7-6-14(26)10-17(18)27/h1-8,10,13,20H,9,11H2,(H,32,34). The van der Waals surface area contributed by atoms with Gasteiger partial charge in [0.05, 0.1) is 11.6 Å². The van der Waals surface area contributed by atoms with Gasteiger partial charge >= 0.3 is 6.18 Å². The quantitative estimate of drug-likeness (QED) is 0.323. The molecule has 0 radical (unpaired) electrons. The molecule has 0 saturated carbocycles. The van der Waals surface area contributed by atoms with E-state index in [0.29, 0.717) is 11.6 Å². The van der Waals surface area contributed by atoms with Crippen LogP contribution in [0.25, 0.3) is 0 Å². The number of alkyl halides is 3. The normalized spacial score (nSPS) is 16.7. The second-order valence-corrected chi connectivity index (χ2v) is 8.52. The Morgan fingerprint density at radius 2 is 1.82 bits per heavy atom. The van der Waals surface area contributed by atoms with Gasteiger partial charge in [-0.25, -0.2) is 13.8 Å². The lowest BCUT2D eigenvalue weighted by molar-refractivity contribution is -0.164. The van der Waals surface area contributed by atoms with E-state index >= 15 is 0 Å². The van der Waals surface area contributed by atoms with Gasteiger partial charge in [0.2, 0.25) is 5.91 Å². The van der Waals surface area contributed by atoms with Gasteiger partial charge in [0.25, 0.3) is 0 Å². The molecule has 0 saturated heterocycles. The number of pyridine rings is 1. The summed E-state index contributed by atoms with van der Waals surface area (Å²) in [4.78, 5) is 18.5. The number of hydrogen-bond donors (Lipinski definition) is 1. The zero-order valence-electron chi connectivity index (χ0n) is 17.2. The minimum Gasteiger partial charge on any atom is -0.340 e. The van der Waals surface area contributed by atoms with E-state index in [-0.39, 0.29) is 40.2 Å². The predicted molar refractivity (Wildman–Crippen MR) is 118 cm³/mol. The first-order valence-electron chi connectivity index (χ1n) is 10.0. The maximum Gasteiger partial charge on any atom is 0.412 e. The van der Waals surface area contributed by atoms with Crippen LogP contribution in [0.4, 0.5) is 33.5 Å². The zero-order valence-corrected chi connectivity index (χ0v) is 18.7. The Hall–Kier alpha value is -2.91. The molecule has 1 aliphatic rings. The molecule has 11 heteroatoms. The first-order valence-corrected chi connectivity index (χ1v) is 10.8. The van der Waals surface area contributed by atoms with Crippen LogP contribution in [0.2, 0.25) is 10.2 Å². The molecule has 3 aromatic rings. The van der Waals surface area contributed by atoms with Crippen LogP contribution < -0.4 is 10.2 Å². The van der Waals surface area contributed by atoms with Crippen LogP contribution in [0.15, 0.2) is 54.6 Å². The van der Waals surface area contributed by atoms with Crippen LogP contribution in [-0.4, -0.2) is 23.6 Å². The average molecular weight is 516 g/mol. The van der Waals surface area contributed by atoms with Crippen molar-refractivity contribution in [3.05, 3.63) is 87.5 Å². The molecule has 0 fully saturated rings. The van der Waals surface area contributed by atoms with Crippen molar-refractivity contribution >= 4 is 40.6 Å². The van der Waals surface area contributed by atoms with Crippen LogP contribution in [0, 0.1) is 17.6 Å². The number of rotatable bonds is 4. The van der Waals surface area contributed by atoms with E-state index in [1.54, 1.807) is 6.07 Å². The fourth-order valence-corrected chi connectivity index (χ4v) is 4.27. The number of carbonyl (C=O) groups excluding carboxylic acids is 1. The molecular weight excluding hydrogens is 500 g/mol. The number of amides is 1. The number of hydrogen-bond acceptors (Lipinski definition) is 3. The van der Waals surface area contributed by atoms with Crippen molar-refractivity contribution < 1.29 is 26.7 Å². The molecule has 0 bridgehead atoms. The predicted octanol–water partition coefficient (Wildman–Crippen LogP) is 6.40. The van der Waals surface area contributed by atoms with Gasteiger partial charge in [-0.2, -0.15) is 13.2 Å². The van der Waals surface area contributed by atoms with Crippen molar-refractivity contribution in [3.63, 3.8) is 0 Å². The van der Waals surface area contributed by atoms with E-state index in [0.717, 1.165) is 6.07 Å². The lowest BCUT2D eigenvalue weighted by Crippen LogP contribution is -2.46. The number of nitrogens with zero attached hydrogens (tertiary/aromatic N) is 2. The molecule has 2 unspecified atom stereocenters. The highest BCUT2D eigenvalue weighted by molar-refractivity contribution is 6.31. The Balaban J connectivity index is 1.68. The lowest BCUT2D eigenvalue weighted by atomic mass is 9.92. The van der Waals surface area contributed by atoms with Gasteiger partial charge in [0, 0.05) is 23.2 Å². The van der Waals surface area contributed by atoms with Gasteiger partial charge in [0.15, 0.2) is 6.04 Å². The Morgan fingerprint density at radius 3 is 2.50 bits per heavy atom. The van der Waals surface area contributed by atoms with E-state index in [4.69, 9.17) is 23.2 Å². The molecule has 0 spiro atoms. The van der Waals surface area contributed by atoms with Gasteiger partial charge in [-0.1, -0.05) is 47.5 Å². The molecule has 4 nitrogen and oxygen atoms in total. The maximum atomic E-state index is 14.6. The molecule has 2 atom stereocenters. The Morgan fingerprint density at radius 1 is 1.09 bits per heavy atom. The Labute approximate surface area is 201 Å². The summed E-state index contributed by atoms with van der Waals surface area (Å²) in [6.45, 7) is -0.207. The third-order valence-corrected chi connectivity index (χ3v) is 6.00. The summed E-state index contributed by atoms with van der Waals surface area (Å²) in [5, 5.41) is 2.00. The molecule has 2 heterocycles. The third-order valence-electron chi connectivity index (χ3n) is 5.45. The van der Waals surface area contributed by atoms with E-state index in [1.807, 2.05) is 5.32 Å². The second-order valence-electron chi connectivity index (χ2n) is 7.73. The van der Waals surface area contributed by atoms with Crippen molar-refractivity contribution in [3.8, 4) is 0 Å². The van der Waals surface area contributed by atoms with Crippen LogP contribution in [0.5, 0.6) is 0 Å². The number of nitrogens with one attached hydrogen (secondary N) is 1. The number of fused-ring (bicyclic) bond motifs is 1. The lowest BCUT2D eigenvalue weighted by Gasteiger charge is -2.35. The van der Waals surface area contributed by atoms with Gasteiger partial charge in [-0.3, -0.25) is 4.79 Å². The van der Waals surface area contributed by atoms with E-state index in [2.05, 4.69) is 4.98 Å². The third kappa shape index (κ3) is 4.95. The second kappa shape index (κ2) is 9.38. The molecule has 1 amide bonds. The number of benzene rings is 2. The Bertz CT molecular complexity index is 1240. The molecule has 178 valence electrons. The van der Waals surface area contributed by atoms with Crippen LogP contribution >= 0.6 is 23.2 Å². The molecule has 4 rings (SSSR count). The van der Waals surface area contributed by atoms with Crippen molar-refractivity contribution in [2.24, 2.45) is 5.92 Å². The first-order chi connectivity index (χ1) is 16.0. The van der Waals surface area contributed by atoms with Gasteiger partial charge in [-0.15, -0.1) is 0 Å². The molecule has 34 heavy (non-hydrogen) atoms. The Kier molecular flexibility index (Phi) is 6.69. The number of aromatic nitrogens is 1. The smallest absolute Gasteiger partial charge is 0.340 e. The van der Waals surface area contributed by atoms with Crippen molar-refractivity contribution in [1.82, 2.24) is 10.3 Å². The fraction of sp³-hybridized carbons (Fsp3) is 0.217. The van der Waals surface area contributed by atoms with E-state index in [9.17, 15) is 26.7 Å². The van der Waals surface area contributed by atoms with Crippen molar-refractivity contribution in [2.45, 2.75) is 18.6 Å². The molecule has 0 aliphatic carbocycles. The summed E-state index contributed by atoms with van der Waals surface area (Å²) >= 11 is 11.9. The average Bonchev–Trinajstić information content (AvgIpc) is 2.77. The van der Waals surface area contributed by atoms with Crippen LogP contribution in [0.1, 0.15) is 17.2 Å². The molecule has 1 N–H and O–H groups in total. The summed E-state index contributed by atoms with van der Waals surface area (Å²) in [6, 6.07) is 8.90. The summed E-state index contributed by atoms with van der Waals surface area (Å²) in [6.07, 6.45) is -4.77. The van der Waals surface area contributed by atoms with Crippen molar-refractivity contribution in [1.29, 1.82) is 0 Å². The number of halogens is 7. The summed E-state index contributed by atoms with van der Waals surface area (Å²) in [5.74, 6) is -3.40. The SMILES string of the molecule is O=C(NC(c1ccccc1Cl)C(F)(F)F)C1Cc2ccc(Cl)nc2N(c2ccc(F)cc2F)C1. The highest BCUT2D eigenvalue weighted by atomic mass is 35.5. The summed E-state index contributed by atoms with van der Waals surface area (Å²) < 4.78 is 69.5. The maximum absolute atomic E-state index is 14.6. The van der Waals surface area contributed by atoms with Crippen LogP contribution in [-0.2, 0) is 11.2 Å². The highest BCUT2D eigenvalue weighted by Crippen LogP contribution is 2.39. The monoisotopic (exact) mass is 515 g/mol. The number of carbonyl (C=O) groups is 1. The van der Waals surface area contributed by atoms with Crippen LogP contribution in [0.3, 0.4) is 0 Å². The topological polar surface area (TPSA) is 45.2 Å². The molecule has 1 aliphatic heterocycles. The minimum absolute atomic E-state index is 0.0394. The first kappa shape index (κ1) is 24.2. The van der Waals surface area contributed by atoms with Gasteiger partial charge < -0.3 is 10.2 Å². The summed E-state index contributed by atoms with van der Waals surface area (Å²) in [5.41, 5.74) is 0.0883. The minimum atomic E-state index is -4.81. The van der Waals surface area contributed by atoms with E-state index < -0.39 is 35.7 Å². The van der Waals surface area contributed by atoms with E-state index in [1.165, 1.54) is 41.3 Å². The molecule has 2 aromatic carbocycles. The van der Waals surface area contributed by atoms with Crippen molar-refractivity contribution in [2.75, 3.05) is 11.4 Å². The largest absolute Gasteiger partial charge is 0.412 e. The number of anilines is 2. The molecular formula is C23H16Cl2F5N3O. The fourth-order valence-electron chi connectivity index (χ4n) is 3.88. The van der Waals surface area contributed by atoms with Gasteiger partial charge in [0.1, 0.15) is 22.6 Å².